The summed E-state index contributed by atoms with van der Waals surface area (Å²) in [5.74, 6) is -1.00. The molecule has 0 radical (unpaired) electrons. The Hall–Kier alpha value is -2.80. The Kier molecular flexibility index (Phi) is 30.0. The Morgan fingerprint density at radius 1 is 0.541 bits per heavy atom. The molecule has 0 saturated carbocycles. The Labute approximate surface area is 362 Å². The first kappa shape index (κ1) is 54.3. The molecule has 0 amide bonds. The van der Waals surface area contributed by atoms with E-state index >= 15 is 0 Å². The van der Waals surface area contributed by atoms with E-state index in [2.05, 4.69) is 62.5 Å². The summed E-state index contributed by atoms with van der Waals surface area (Å²) in [6.45, 7) is 2.34. The van der Waals surface area contributed by atoms with Crippen molar-refractivity contribution in [2.24, 2.45) is 0 Å². The van der Waals surface area contributed by atoms with Gasteiger partial charge in [-0.3, -0.25) is 9.59 Å². The Morgan fingerprint density at radius 3 is 1.61 bits per heavy atom. The molecular weight excluding hydrogens is 792 g/mol. The van der Waals surface area contributed by atoms with Crippen LogP contribution in [0.15, 0.2) is 60.8 Å². The summed E-state index contributed by atoms with van der Waals surface area (Å²) in [7, 11) is 0. The number of carbonyl (C=O) groups is 2. The number of rotatable bonds is 32. The van der Waals surface area contributed by atoms with Gasteiger partial charge in [0, 0.05) is 12.8 Å². The van der Waals surface area contributed by atoms with Crippen LogP contribution in [0.4, 0.5) is 0 Å². The van der Waals surface area contributed by atoms with E-state index in [1.165, 1.54) is 25.7 Å². The van der Waals surface area contributed by atoms with E-state index in [4.69, 9.17) is 28.4 Å². The maximum atomic E-state index is 12.9. The van der Waals surface area contributed by atoms with Crippen LogP contribution in [0.1, 0.15) is 123 Å². The number of ether oxygens (including phenoxy) is 6. The number of allylic oxidation sites excluding steroid dienone is 10. The lowest BCUT2D eigenvalue weighted by atomic mass is 9.98. The van der Waals surface area contributed by atoms with Crippen LogP contribution in [0, 0.1) is 0 Å². The fourth-order valence-electron chi connectivity index (χ4n) is 6.54. The van der Waals surface area contributed by atoms with Crippen LogP contribution in [0.2, 0.25) is 0 Å². The van der Waals surface area contributed by atoms with Crippen molar-refractivity contribution in [2.75, 3.05) is 26.4 Å². The van der Waals surface area contributed by atoms with E-state index in [9.17, 15) is 45.3 Å². The number of hydrogen-bond acceptors (Lipinski definition) is 15. The SMILES string of the molecule is CC/C=C/C/C=C/C/C=C/C/C=C/C/C=C/CCCC(=O)O[C@H](COC(=O)CCCCCCCCCC)CO[C@H]1O[C@@H](CO[C@H]2O[C@@H](CO)[C@@H](O)C(O)C2O)[C@@H](O)C(O)C1O. The molecule has 2 aliphatic rings. The van der Waals surface area contributed by atoms with Crippen LogP contribution in [0.3, 0.4) is 0 Å². The highest BCUT2D eigenvalue weighted by Gasteiger charge is 2.47. The lowest BCUT2D eigenvalue weighted by Gasteiger charge is -2.42. The molecule has 350 valence electrons. The predicted molar refractivity (Wildman–Crippen MR) is 229 cm³/mol. The van der Waals surface area contributed by atoms with Gasteiger partial charge in [-0.2, -0.15) is 0 Å². The van der Waals surface area contributed by atoms with Crippen molar-refractivity contribution >= 4 is 11.9 Å². The zero-order valence-corrected chi connectivity index (χ0v) is 36.4. The summed E-state index contributed by atoms with van der Waals surface area (Å²) in [4.78, 5) is 25.5. The summed E-state index contributed by atoms with van der Waals surface area (Å²) >= 11 is 0. The molecule has 2 saturated heterocycles. The predicted octanol–water partition coefficient (Wildman–Crippen LogP) is 4.53. The zero-order chi connectivity index (χ0) is 44.7. The highest BCUT2D eigenvalue weighted by atomic mass is 16.7. The van der Waals surface area contributed by atoms with Crippen molar-refractivity contribution in [1.82, 2.24) is 0 Å². The quantitative estimate of drug-likeness (QED) is 0.0280. The van der Waals surface area contributed by atoms with Gasteiger partial charge >= 0.3 is 11.9 Å². The fraction of sp³-hybridized carbons (Fsp3) is 0.739. The molecule has 15 nitrogen and oxygen atoms in total. The lowest BCUT2D eigenvalue weighted by molar-refractivity contribution is -0.332. The van der Waals surface area contributed by atoms with Crippen molar-refractivity contribution in [3.63, 3.8) is 0 Å². The van der Waals surface area contributed by atoms with Gasteiger partial charge in [0.1, 0.15) is 55.4 Å². The average molecular weight is 869 g/mol. The zero-order valence-electron chi connectivity index (χ0n) is 36.4. The Bertz CT molecular complexity index is 1300. The normalized spacial score (nSPS) is 27.9. The maximum Gasteiger partial charge on any atom is 0.306 e. The molecule has 11 atom stereocenters. The van der Waals surface area contributed by atoms with Crippen LogP contribution in [-0.2, 0) is 38.0 Å². The van der Waals surface area contributed by atoms with Crippen LogP contribution in [0.25, 0.3) is 0 Å². The van der Waals surface area contributed by atoms with Gasteiger partial charge in [-0.15, -0.1) is 0 Å². The van der Waals surface area contributed by atoms with Gasteiger partial charge in [0.15, 0.2) is 18.7 Å². The summed E-state index contributed by atoms with van der Waals surface area (Å²) in [5, 5.41) is 71.7. The summed E-state index contributed by atoms with van der Waals surface area (Å²) in [6.07, 6.45) is 18.6. The monoisotopic (exact) mass is 869 g/mol. The first-order chi connectivity index (χ1) is 29.5. The van der Waals surface area contributed by atoms with Gasteiger partial charge in [0.2, 0.25) is 0 Å². The van der Waals surface area contributed by atoms with Gasteiger partial charge in [0.05, 0.1) is 19.8 Å². The standard InChI is InChI=1S/C46H76O15/c1-3-5-7-9-11-13-14-15-16-17-18-19-20-21-23-25-27-29-38(49)59-34(31-56-37(48)28-26-24-22-12-10-8-6-4-2)32-57-45-44(55)42(53)40(51)36(61-45)33-58-46-43(54)41(52)39(50)35(30-47)60-46/h5,7,11,13,15-16,18-19,21,23,34-36,39-47,50-55H,3-4,6,8-10,12,14,17,20,22,24-33H2,1-2H3/b7-5+,13-11+,16-15+,19-18+,23-21+/t34-,35+,36+,39-,40-,41?,42?,43?,44?,45+,46+/m1/s1. The van der Waals surface area contributed by atoms with Crippen LogP contribution in [0.5, 0.6) is 0 Å². The first-order valence-electron chi connectivity index (χ1n) is 22.4. The number of carbonyl (C=O) groups excluding carboxylic acids is 2. The summed E-state index contributed by atoms with van der Waals surface area (Å²) in [6, 6.07) is 0. The van der Waals surface area contributed by atoms with E-state index in [0.717, 1.165) is 51.4 Å². The van der Waals surface area contributed by atoms with Crippen molar-refractivity contribution < 1.29 is 73.8 Å². The highest BCUT2D eigenvalue weighted by molar-refractivity contribution is 5.70. The van der Waals surface area contributed by atoms with E-state index in [-0.39, 0.29) is 19.4 Å². The van der Waals surface area contributed by atoms with E-state index in [1.807, 2.05) is 12.2 Å². The van der Waals surface area contributed by atoms with E-state index in [0.29, 0.717) is 19.3 Å². The van der Waals surface area contributed by atoms with Gasteiger partial charge in [0.25, 0.3) is 0 Å². The van der Waals surface area contributed by atoms with Crippen molar-refractivity contribution in [3.05, 3.63) is 60.8 Å². The second kappa shape index (κ2) is 33.7. The van der Waals surface area contributed by atoms with Gasteiger partial charge in [-0.25, -0.2) is 0 Å². The largest absolute Gasteiger partial charge is 0.462 e. The average Bonchev–Trinajstić information content (AvgIpc) is 3.25. The minimum Gasteiger partial charge on any atom is -0.462 e. The molecule has 2 rings (SSSR count). The topological polar surface area (TPSA) is 231 Å². The number of aliphatic hydroxyl groups excluding tert-OH is 7. The molecule has 0 spiro atoms. The molecule has 0 bridgehead atoms. The van der Waals surface area contributed by atoms with Crippen LogP contribution in [-0.4, -0.2) is 142 Å². The fourth-order valence-corrected chi connectivity index (χ4v) is 6.54. The molecule has 0 aromatic carbocycles. The van der Waals surface area contributed by atoms with Gasteiger partial charge in [-0.05, 0) is 51.4 Å². The third kappa shape index (κ3) is 22.9. The maximum absolute atomic E-state index is 12.9. The number of esters is 2. The minimum absolute atomic E-state index is 0.0852. The van der Waals surface area contributed by atoms with Crippen LogP contribution < -0.4 is 0 Å². The smallest absolute Gasteiger partial charge is 0.306 e. The van der Waals surface area contributed by atoms with Crippen LogP contribution >= 0.6 is 0 Å². The molecule has 2 fully saturated rings. The number of unbranched alkanes of at least 4 members (excludes halogenated alkanes) is 8. The third-order valence-electron chi connectivity index (χ3n) is 10.3. The number of aliphatic hydroxyl groups is 7. The molecule has 4 unspecified atom stereocenters. The summed E-state index contributed by atoms with van der Waals surface area (Å²) < 4.78 is 33.3. The second-order valence-electron chi connectivity index (χ2n) is 15.5. The molecular formula is C46H76O15. The molecule has 0 aromatic heterocycles. The Morgan fingerprint density at radius 2 is 1.03 bits per heavy atom. The molecule has 15 heteroatoms. The highest BCUT2D eigenvalue weighted by Crippen LogP contribution is 2.26. The van der Waals surface area contributed by atoms with Crippen molar-refractivity contribution in [1.29, 1.82) is 0 Å². The molecule has 2 heterocycles. The second-order valence-corrected chi connectivity index (χ2v) is 15.5. The van der Waals surface area contributed by atoms with Gasteiger partial charge in [-0.1, -0.05) is 120 Å². The van der Waals surface area contributed by atoms with Crippen molar-refractivity contribution in [3.8, 4) is 0 Å². The van der Waals surface area contributed by atoms with E-state index in [1.54, 1.807) is 0 Å². The number of hydrogen-bond donors (Lipinski definition) is 7. The minimum atomic E-state index is -1.77. The third-order valence-corrected chi connectivity index (χ3v) is 10.3. The van der Waals surface area contributed by atoms with Gasteiger partial charge < -0.3 is 64.2 Å². The summed E-state index contributed by atoms with van der Waals surface area (Å²) in [5.41, 5.74) is 0. The lowest BCUT2D eigenvalue weighted by Crippen LogP contribution is -2.61. The molecule has 2 aliphatic heterocycles. The molecule has 0 aliphatic carbocycles. The Balaban J connectivity index is 1.88. The molecule has 7 N–H and O–H groups in total. The van der Waals surface area contributed by atoms with Crippen molar-refractivity contribution in [2.45, 2.75) is 191 Å². The molecule has 0 aromatic rings. The first-order valence-corrected chi connectivity index (χ1v) is 22.4. The van der Waals surface area contributed by atoms with E-state index < -0.39 is 99.3 Å². The molecule has 61 heavy (non-hydrogen) atoms.